The minimum atomic E-state index is 0.0223. The maximum absolute atomic E-state index is 13.2. The molecule has 2 aromatic heterocycles. The molecule has 4 rings (SSSR count). The standard InChI is InChI=1S/C20H20N2O3/c1-14-4-2-5-17-15(12-14)16(20(23)22-7-10-24-11-8-22)13-18(21-17)19-6-3-9-25-19/h2-3,5-6,9,12-13H,4,7-8,10-11H2,1H3. The third kappa shape index (κ3) is 3.15. The molecule has 0 spiro atoms. The van der Waals surface area contributed by atoms with E-state index in [0.717, 1.165) is 17.7 Å². The highest BCUT2D eigenvalue weighted by Gasteiger charge is 2.24. The van der Waals surface area contributed by atoms with Crippen molar-refractivity contribution in [3.05, 3.63) is 52.9 Å². The molecule has 0 bridgehead atoms. The highest BCUT2D eigenvalue weighted by atomic mass is 16.5. The smallest absolute Gasteiger partial charge is 0.254 e. The van der Waals surface area contributed by atoms with Crippen LogP contribution in [0.15, 0.2) is 40.5 Å². The molecule has 1 amide bonds. The molecule has 1 saturated heterocycles. The minimum Gasteiger partial charge on any atom is -0.463 e. The van der Waals surface area contributed by atoms with Crippen molar-refractivity contribution in [3.63, 3.8) is 0 Å². The Hall–Kier alpha value is -2.66. The zero-order valence-electron chi connectivity index (χ0n) is 14.2. The van der Waals surface area contributed by atoms with Crippen LogP contribution in [0.1, 0.15) is 35.0 Å². The number of nitrogens with zero attached hydrogens (tertiary/aromatic N) is 2. The first-order valence-corrected chi connectivity index (χ1v) is 8.52. The van der Waals surface area contributed by atoms with Crippen LogP contribution in [0.4, 0.5) is 0 Å². The molecule has 1 aliphatic carbocycles. The van der Waals surface area contributed by atoms with E-state index in [1.54, 1.807) is 6.26 Å². The summed E-state index contributed by atoms with van der Waals surface area (Å²) in [7, 11) is 0. The molecule has 25 heavy (non-hydrogen) atoms. The molecular formula is C20H20N2O3. The molecule has 0 radical (unpaired) electrons. The van der Waals surface area contributed by atoms with E-state index in [2.05, 4.69) is 19.1 Å². The lowest BCUT2D eigenvalue weighted by Crippen LogP contribution is -2.41. The molecule has 128 valence electrons. The van der Waals surface area contributed by atoms with Crippen LogP contribution in [0.2, 0.25) is 0 Å². The van der Waals surface area contributed by atoms with Crippen molar-refractivity contribution in [1.29, 1.82) is 0 Å². The predicted molar refractivity (Wildman–Crippen MR) is 96.0 cm³/mol. The van der Waals surface area contributed by atoms with E-state index in [9.17, 15) is 4.79 Å². The van der Waals surface area contributed by atoms with Gasteiger partial charge in [0.1, 0.15) is 5.69 Å². The average Bonchev–Trinajstić information content (AvgIpc) is 3.11. The van der Waals surface area contributed by atoms with E-state index in [1.807, 2.05) is 29.2 Å². The topological polar surface area (TPSA) is 55.6 Å². The minimum absolute atomic E-state index is 0.0223. The van der Waals surface area contributed by atoms with E-state index >= 15 is 0 Å². The number of allylic oxidation sites excluding steroid dienone is 2. The monoisotopic (exact) mass is 336 g/mol. The van der Waals surface area contributed by atoms with Gasteiger partial charge in [-0.05, 0) is 37.6 Å². The number of pyridine rings is 1. The van der Waals surface area contributed by atoms with Gasteiger partial charge in [-0.1, -0.05) is 17.7 Å². The molecule has 2 aromatic rings. The summed E-state index contributed by atoms with van der Waals surface area (Å²) in [6.07, 6.45) is 8.62. The van der Waals surface area contributed by atoms with Gasteiger partial charge >= 0.3 is 0 Å². The van der Waals surface area contributed by atoms with Gasteiger partial charge in [-0.3, -0.25) is 4.79 Å². The number of hydrogen-bond donors (Lipinski definition) is 0. The number of carbonyl (C=O) groups excluding carboxylic acids is 1. The van der Waals surface area contributed by atoms with Crippen molar-refractivity contribution in [3.8, 4) is 11.5 Å². The quantitative estimate of drug-likeness (QED) is 0.840. The molecule has 0 saturated carbocycles. The van der Waals surface area contributed by atoms with Gasteiger partial charge in [0.15, 0.2) is 5.76 Å². The molecule has 3 heterocycles. The summed E-state index contributed by atoms with van der Waals surface area (Å²) in [5.41, 5.74) is 4.25. The maximum atomic E-state index is 13.2. The first-order valence-electron chi connectivity index (χ1n) is 8.52. The Morgan fingerprint density at radius 2 is 2.12 bits per heavy atom. The van der Waals surface area contributed by atoms with Crippen LogP contribution in [0, 0.1) is 0 Å². The summed E-state index contributed by atoms with van der Waals surface area (Å²) in [5, 5.41) is 0. The summed E-state index contributed by atoms with van der Waals surface area (Å²) in [6.45, 7) is 4.47. The Morgan fingerprint density at radius 3 is 2.88 bits per heavy atom. The fourth-order valence-corrected chi connectivity index (χ4v) is 3.18. The molecule has 0 atom stereocenters. The average molecular weight is 336 g/mol. The zero-order chi connectivity index (χ0) is 17.2. The number of furan rings is 1. The van der Waals surface area contributed by atoms with Gasteiger partial charge in [-0.15, -0.1) is 0 Å². The fourth-order valence-electron chi connectivity index (χ4n) is 3.18. The molecule has 5 nitrogen and oxygen atoms in total. The van der Waals surface area contributed by atoms with Gasteiger partial charge in [0.05, 0.1) is 30.7 Å². The van der Waals surface area contributed by atoms with Gasteiger partial charge in [0.2, 0.25) is 0 Å². The van der Waals surface area contributed by atoms with Crippen LogP contribution in [-0.2, 0) is 4.74 Å². The normalized spacial score (nSPS) is 17.0. The van der Waals surface area contributed by atoms with E-state index in [1.165, 1.54) is 5.57 Å². The lowest BCUT2D eigenvalue weighted by atomic mass is 10.0. The summed E-state index contributed by atoms with van der Waals surface area (Å²) in [6, 6.07) is 5.53. The summed E-state index contributed by atoms with van der Waals surface area (Å²) >= 11 is 0. The van der Waals surface area contributed by atoms with Crippen LogP contribution < -0.4 is 0 Å². The Kier molecular flexibility index (Phi) is 4.24. The second-order valence-corrected chi connectivity index (χ2v) is 6.33. The first-order chi connectivity index (χ1) is 12.2. The summed E-state index contributed by atoms with van der Waals surface area (Å²) < 4.78 is 10.9. The highest BCUT2D eigenvalue weighted by molar-refractivity contribution is 6.00. The number of rotatable bonds is 2. The molecule has 0 aromatic carbocycles. The predicted octanol–water partition coefficient (Wildman–Crippen LogP) is 3.63. The number of aromatic nitrogens is 1. The van der Waals surface area contributed by atoms with Crippen LogP contribution >= 0.6 is 0 Å². The fraction of sp³-hybridized carbons (Fsp3) is 0.300. The Bertz CT molecular complexity index is 844. The summed E-state index contributed by atoms with van der Waals surface area (Å²) in [4.78, 5) is 19.7. The lowest BCUT2D eigenvalue weighted by molar-refractivity contribution is 0.0302. The largest absolute Gasteiger partial charge is 0.463 e. The molecule has 1 fully saturated rings. The Morgan fingerprint density at radius 1 is 1.28 bits per heavy atom. The Labute approximate surface area is 146 Å². The van der Waals surface area contributed by atoms with Gasteiger partial charge in [0.25, 0.3) is 5.91 Å². The van der Waals surface area contributed by atoms with E-state index in [-0.39, 0.29) is 5.91 Å². The van der Waals surface area contributed by atoms with Crippen LogP contribution in [-0.4, -0.2) is 42.1 Å². The van der Waals surface area contributed by atoms with Crippen molar-refractivity contribution in [1.82, 2.24) is 9.88 Å². The number of amides is 1. The van der Waals surface area contributed by atoms with Crippen LogP contribution in [0.5, 0.6) is 0 Å². The molecule has 5 heteroatoms. The van der Waals surface area contributed by atoms with Gasteiger partial charge in [-0.2, -0.15) is 0 Å². The van der Waals surface area contributed by atoms with Crippen LogP contribution in [0.25, 0.3) is 23.6 Å². The van der Waals surface area contributed by atoms with Crippen molar-refractivity contribution < 1.29 is 13.9 Å². The number of fused-ring (bicyclic) bond motifs is 1. The number of ether oxygens (including phenoxy) is 1. The van der Waals surface area contributed by atoms with Crippen molar-refractivity contribution in [2.75, 3.05) is 26.3 Å². The second-order valence-electron chi connectivity index (χ2n) is 6.33. The summed E-state index contributed by atoms with van der Waals surface area (Å²) in [5.74, 6) is 0.686. The first kappa shape index (κ1) is 15.8. The number of morpholine rings is 1. The van der Waals surface area contributed by atoms with Crippen molar-refractivity contribution in [2.24, 2.45) is 0 Å². The Balaban J connectivity index is 1.85. The van der Waals surface area contributed by atoms with Crippen LogP contribution in [0.3, 0.4) is 0 Å². The second kappa shape index (κ2) is 6.69. The highest BCUT2D eigenvalue weighted by Crippen LogP contribution is 2.29. The molecular weight excluding hydrogens is 316 g/mol. The van der Waals surface area contributed by atoms with Crippen molar-refractivity contribution in [2.45, 2.75) is 13.3 Å². The SMILES string of the molecule is CC1=Cc2c(C(=O)N3CCOCC3)cc(-c3ccco3)nc2C=CC1. The maximum Gasteiger partial charge on any atom is 0.254 e. The van der Waals surface area contributed by atoms with Gasteiger partial charge in [-0.25, -0.2) is 4.98 Å². The van der Waals surface area contributed by atoms with E-state index in [4.69, 9.17) is 14.1 Å². The van der Waals surface area contributed by atoms with Gasteiger partial charge < -0.3 is 14.1 Å². The number of carbonyl (C=O) groups is 1. The van der Waals surface area contributed by atoms with Gasteiger partial charge in [0, 0.05) is 18.7 Å². The zero-order valence-corrected chi connectivity index (χ0v) is 14.2. The molecule has 2 aliphatic rings. The number of hydrogen-bond acceptors (Lipinski definition) is 4. The molecule has 0 unspecified atom stereocenters. The van der Waals surface area contributed by atoms with E-state index in [0.29, 0.717) is 43.3 Å². The third-order valence-electron chi connectivity index (χ3n) is 4.50. The third-order valence-corrected chi connectivity index (χ3v) is 4.50. The molecule has 0 N–H and O–H groups in total. The van der Waals surface area contributed by atoms with Crippen molar-refractivity contribution >= 4 is 18.1 Å². The lowest BCUT2D eigenvalue weighted by Gasteiger charge is -2.27. The van der Waals surface area contributed by atoms with E-state index < -0.39 is 0 Å². The molecule has 1 aliphatic heterocycles.